The maximum Gasteiger partial charge on any atom is 0.328 e. The van der Waals surface area contributed by atoms with Crippen LogP contribution in [0, 0.1) is 0 Å². The van der Waals surface area contributed by atoms with Gasteiger partial charge in [-0.25, -0.2) is 9.78 Å². The van der Waals surface area contributed by atoms with E-state index in [4.69, 9.17) is 5.73 Å². The van der Waals surface area contributed by atoms with Gasteiger partial charge in [-0.3, -0.25) is 15.0 Å². The highest BCUT2D eigenvalue weighted by atomic mass is 16.2. The molecule has 3 heterocycles. The molecule has 0 spiro atoms. The third-order valence-electron chi connectivity index (χ3n) is 2.76. The Bertz CT molecular complexity index is 649. The maximum absolute atomic E-state index is 11.7. The zero-order chi connectivity index (χ0) is 12.7. The molecular formula is C10H10N6O2. The SMILES string of the molecule is Nc1cc(N2CCC(=O)NC2=O)cc2ncnn12. The number of hydrogen-bond donors (Lipinski definition) is 2. The number of carbonyl (C=O) groups excluding carboxylic acids is 2. The molecule has 0 radical (unpaired) electrons. The summed E-state index contributed by atoms with van der Waals surface area (Å²) in [5, 5.41) is 6.20. The molecule has 1 aliphatic rings. The average Bonchev–Trinajstić information content (AvgIpc) is 2.77. The molecule has 2 aromatic rings. The van der Waals surface area contributed by atoms with E-state index in [1.165, 1.54) is 15.7 Å². The second-order valence-electron chi connectivity index (χ2n) is 3.92. The van der Waals surface area contributed by atoms with Crippen LogP contribution in [-0.2, 0) is 4.79 Å². The Morgan fingerprint density at radius 3 is 2.94 bits per heavy atom. The largest absolute Gasteiger partial charge is 0.384 e. The first-order valence-electron chi connectivity index (χ1n) is 5.36. The van der Waals surface area contributed by atoms with Crippen LogP contribution in [0.3, 0.4) is 0 Å². The summed E-state index contributed by atoms with van der Waals surface area (Å²) < 4.78 is 1.47. The normalized spacial score (nSPS) is 16.1. The molecule has 0 aromatic carbocycles. The standard InChI is InChI=1S/C10H10N6O2/c11-7-3-6(4-8-12-5-13-16(7)8)15-2-1-9(17)14-10(15)18/h3-5H,1-2,11H2,(H,14,17,18). The van der Waals surface area contributed by atoms with Crippen molar-refractivity contribution in [3.05, 3.63) is 18.5 Å². The number of imide groups is 1. The minimum absolute atomic E-state index is 0.267. The molecule has 0 saturated carbocycles. The van der Waals surface area contributed by atoms with E-state index in [2.05, 4.69) is 15.4 Å². The summed E-state index contributed by atoms with van der Waals surface area (Å²) in [6, 6.07) is 2.87. The molecule has 18 heavy (non-hydrogen) atoms. The van der Waals surface area contributed by atoms with Crippen LogP contribution in [0.15, 0.2) is 18.5 Å². The molecule has 0 unspecified atom stereocenters. The summed E-state index contributed by atoms with van der Waals surface area (Å²) in [5.74, 6) is 0.109. The van der Waals surface area contributed by atoms with Crippen molar-refractivity contribution in [2.24, 2.45) is 0 Å². The van der Waals surface area contributed by atoms with Crippen molar-refractivity contribution < 1.29 is 9.59 Å². The highest BCUT2D eigenvalue weighted by Crippen LogP contribution is 2.21. The van der Waals surface area contributed by atoms with E-state index in [0.29, 0.717) is 23.7 Å². The number of anilines is 2. The minimum atomic E-state index is -0.450. The fourth-order valence-electron chi connectivity index (χ4n) is 1.90. The number of fused-ring (bicyclic) bond motifs is 1. The third-order valence-corrected chi connectivity index (χ3v) is 2.76. The van der Waals surface area contributed by atoms with Gasteiger partial charge in [-0.15, -0.1) is 0 Å². The lowest BCUT2D eigenvalue weighted by Crippen LogP contribution is -2.49. The molecule has 8 heteroatoms. The number of nitrogen functional groups attached to an aromatic ring is 1. The van der Waals surface area contributed by atoms with E-state index >= 15 is 0 Å². The predicted molar refractivity (Wildman–Crippen MR) is 62.9 cm³/mol. The zero-order valence-electron chi connectivity index (χ0n) is 9.33. The topological polar surface area (TPSA) is 106 Å². The number of carbonyl (C=O) groups is 2. The first kappa shape index (κ1) is 10.5. The Morgan fingerprint density at radius 2 is 2.17 bits per heavy atom. The van der Waals surface area contributed by atoms with E-state index in [0.717, 1.165) is 0 Å². The number of urea groups is 1. The van der Waals surface area contributed by atoms with Gasteiger partial charge in [0.15, 0.2) is 5.65 Å². The van der Waals surface area contributed by atoms with Crippen LogP contribution in [0.1, 0.15) is 6.42 Å². The number of hydrogen-bond acceptors (Lipinski definition) is 5. The number of rotatable bonds is 1. The number of nitrogens with two attached hydrogens (primary N) is 1. The number of nitrogens with one attached hydrogen (secondary N) is 1. The molecule has 8 nitrogen and oxygen atoms in total. The molecular weight excluding hydrogens is 236 g/mol. The summed E-state index contributed by atoms with van der Waals surface area (Å²) in [6.07, 6.45) is 1.65. The second-order valence-corrected chi connectivity index (χ2v) is 3.92. The number of pyridine rings is 1. The Hall–Kier alpha value is -2.64. The molecule has 0 bridgehead atoms. The molecule has 92 valence electrons. The van der Waals surface area contributed by atoms with Crippen molar-refractivity contribution in [2.75, 3.05) is 17.2 Å². The molecule has 1 fully saturated rings. The highest BCUT2D eigenvalue weighted by molar-refractivity contribution is 6.05. The number of amides is 3. The molecule has 0 atom stereocenters. The van der Waals surface area contributed by atoms with Crippen molar-refractivity contribution in [2.45, 2.75) is 6.42 Å². The maximum atomic E-state index is 11.7. The Labute approximate surface area is 101 Å². The molecule has 1 aliphatic heterocycles. The quantitative estimate of drug-likeness (QED) is 0.722. The van der Waals surface area contributed by atoms with E-state index in [-0.39, 0.29) is 12.3 Å². The second kappa shape index (κ2) is 3.69. The molecule has 3 amide bonds. The van der Waals surface area contributed by atoms with Gasteiger partial charge in [-0.05, 0) is 0 Å². The molecule has 2 aromatic heterocycles. The van der Waals surface area contributed by atoms with Gasteiger partial charge in [0.05, 0.1) is 5.69 Å². The smallest absolute Gasteiger partial charge is 0.328 e. The summed E-state index contributed by atoms with van der Waals surface area (Å²) in [5.41, 5.74) is 6.96. The lowest BCUT2D eigenvalue weighted by molar-refractivity contribution is -0.120. The van der Waals surface area contributed by atoms with Crippen molar-refractivity contribution in [3.8, 4) is 0 Å². The van der Waals surface area contributed by atoms with E-state index in [1.54, 1.807) is 12.1 Å². The predicted octanol–water partition coefficient (Wildman–Crippen LogP) is -0.242. The average molecular weight is 246 g/mol. The van der Waals surface area contributed by atoms with Gasteiger partial charge >= 0.3 is 6.03 Å². The van der Waals surface area contributed by atoms with E-state index in [9.17, 15) is 9.59 Å². The van der Waals surface area contributed by atoms with Crippen molar-refractivity contribution in [1.29, 1.82) is 0 Å². The van der Waals surface area contributed by atoms with E-state index in [1.807, 2.05) is 0 Å². The molecule has 0 aliphatic carbocycles. The van der Waals surface area contributed by atoms with Gasteiger partial charge in [0.1, 0.15) is 12.1 Å². The van der Waals surface area contributed by atoms with Gasteiger partial charge in [0.25, 0.3) is 0 Å². The first-order valence-corrected chi connectivity index (χ1v) is 5.36. The van der Waals surface area contributed by atoms with Crippen LogP contribution < -0.4 is 16.0 Å². The van der Waals surface area contributed by atoms with Gasteiger partial charge in [0.2, 0.25) is 5.91 Å². The summed E-state index contributed by atoms with van der Waals surface area (Å²) in [7, 11) is 0. The first-order chi connectivity index (χ1) is 8.65. The summed E-state index contributed by atoms with van der Waals surface area (Å²) in [6.45, 7) is 0.328. The Morgan fingerprint density at radius 1 is 1.33 bits per heavy atom. The van der Waals surface area contributed by atoms with Gasteiger partial charge in [0, 0.05) is 25.1 Å². The van der Waals surface area contributed by atoms with Crippen LogP contribution >= 0.6 is 0 Å². The Kier molecular flexibility index (Phi) is 2.15. The Balaban J connectivity index is 2.03. The van der Waals surface area contributed by atoms with Crippen molar-refractivity contribution >= 4 is 29.1 Å². The fraction of sp³-hybridized carbons (Fsp3) is 0.200. The monoisotopic (exact) mass is 246 g/mol. The van der Waals surface area contributed by atoms with Crippen LogP contribution in [0.5, 0.6) is 0 Å². The van der Waals surface area contributed by atoms with Gasteiger partial charge < -0.3 is 5.73 Å². The zero-order valence-corrected chi connectivity index (χ0v) is 9.33. The third kappa shape index (κ3) is 1.54. The van der Waals surface area contributed by atoms with Crippen LogP contribution in [0.25, 0.3) is 5.65 Å². The lowest BCUT2D eigenvalue weighted by atomic mass is 10.2. The van der Waals surface area contributed by atoms with Crippen LogP contribution in [0.2, 0.25) is 0 Å². The van der Waals surface area contributed by atoms with Crippen LogP contribution in [0.4, 0.5) is 16.3 Å². The van der Waals surface area contributed by atoms with Crippen molar-refractivity contribution in [1.82, 2.24) is 19.9 Å². The fourth-order valence-corrected chi connectivity index (χ4v) is 1.90. The summed E-state index contributed by atoms with van der Waals surface area (Å²) in [4.78, 5) is 28.3. The van der Waals surface area contributed by atoms with Gasteiger partial charge in [-0.1, -0.05) is 0 Å². The van der Waals surface area contributed by atoms with Gasteiger partial charge in [-0.2, -0.15) is 9.61 Å². The number of nitrogens with zero attached hydrogens (tertiary/aromatic N) is 4. The summed E-state index contributed by atoms with van der Waals surface area (Å²) >= 11 is 0. The van der Waals surface area contributed by atoms with Crippen LogP contribution in [-0.4, -0.2) is 33.1 Å². The highest BCUT2D eigenvalue weighted by Gasteiger charge is 2.24. The molecule has 1 saturated heterocycles. The van der Waals surface area contributed by atoms with Crippen molar-refractivity contribution in [3.63, 3.8) is 0 Å². The number of aromatic nitrogens is 3. The van der Waals surface area contributed by atoms with E-state index < -0.39 is 6.03 Å². The molecule has 3 N–H and O–H groups in total. The lowest BCUT2D eigenvalue weighted by Gasteiger charge is -2.26. The molecule has 3 rings (SSSR count). The minimum Gasteiger partial charge on any atom is -0.384 e.